The summed E-state index contributed by atoms with van der Waals surface area (Å²) in [6.45, 7) is 1.46. The fourth-order valence-electron chi connectivity index (χ4n) is 3.09. The topological polar surface area (TPSA) is 55.6 Å². The van der Waals surface area contributed by atoms with Gasteiger partial charge in [-0.25, -0.2) is 0 Å². The van der Waals surface area contributed by atoms with Crippen molar-refractivity contribution in [2.75, 3.05) is 19.7 Å². The largest absolute Gasteiger partial charge is 0.491 e. The Bertz CT molecular complexity index is 743. The van der Waals surface area contributed by atoms with Crippen LogP contribution in [0.1, 0.15) is 17.9 Å². The van der Waals surface area contributed by atoms with Crippen LogP contribution in [0.4, 0.5) is 0 Å². The van der Waals surface area contributed by atoms with Crippen molar-refractivity contribution in [2.24, 2.45) is 5.73 Å². The molecule has 0 spiro atoms. The first-order chi connectivity index (χ1) is 12.1. The molecule has 1 heterocycles. The molecule has 26 heavy (non-hydrogen) atoms. The van der Waals surface area contributed by atoms with Crippen molar-refractivity contribution in [2.45, 2.75) is 18.4 Å². The van der Waals surface area contributed by atoms with Gasteiger partial charge < -0.3 is 15.4 Å². The average molecular weight is 416 g/mol. The number of rotatable bonds is 5. The molecule has 7 heteroatoms. The standard InChI is InChI=1S/C19H20Cl2N2O2.ClH/c20-15-7-4-8-17(19(15)21)25-10-9-18(24)23-11-14(16(22)12-23)13-5-2-1-3-6-13;/h1-8,14,16H,9-12,22H2;1H/t14-,16+;/m0./s1. The predicted octanol–water partition coefficient (Wildman–Crippen LogP) is 4.14. The molecule has 0 saturated carbocycles. The summed E-state index contributed by atoms with van der Waals surface area (Å²) in [5, 5.41) is 0.797. The molecule has 0 aromatic heterocycles. The molecule has 2 N–H and O–H groups in total. The number of halogens is 3. The van der Waals surface area contributed by atoms with Crippen LogP contribution in [-0.2, 0) is 4.79 Å². The SMILES string of the molecule is Cl.N[C@@H]1CN(C(=O)CCOc2cccc(Cl)c2Cl)C[C@H]1c1ccccc1. The van der Waals surface area contributed by atoms with Crippen LogP contribution in [0.25, 0.3) is 0 Å². The number of carbonyl (C=O) groups is 1. The minimum Gasteiger partial charge on any atom is -0.491 e. The third-order valence-corrected chi connectivity index (χ3v) is 5.24. The third kappa shape index (κ3) is 4.83. The number of likely N-dealkylation sites (tertiary alicyclic amines) is 1. The van der Waals surface area contributed by atoms with Gasteiger partial charge in [0.15, 0.2) is 0 Å². The highest BCUT2D eigenvalue weighted by molar-refractivity contribution is 6.42. The van der Waals surface area contributed by atoms with Gasteiger partial charge in [0, 0.05) is 25.0 Å². The number of nitrogens with two attached hydrogens (primary N) is 1. The molecule has 1 amide bonds. The second-order valence-corrected chi connectivity index (χ2v) is 6.92. The van der Waals surface area contributed by atoms with E-state index in [9.17, 15) is 4.79 Å². The van der Waals surface area contributed by atoms with E-state index in [0.717, 1.165) is 0 Å². The number of hydrogen-bond donors (Lipinski definition) is 1. The van der Waals surface area contributed by atoms with E-state index in [1.165, 1.54) is 5.56 Å². The van der Waals surface area contributed by atoms with E-state index in [1.54, 1.807) is 18.2 Å². The number of benzene rings is 2. The molecule has 1 fully saturated rings. The smallest absolute Gasteiger partial charge is 0.226 e. The van der Waals surface area contributed by atoms with Gasteiger partial charge in [0.1, 0.15) is 10.8 Å². The Morgan fingerprint density at radius 2 is 1.85 bits per heavy atom. The van der Waals surface area contributed by atoms with Gasteiger partial charge in [0.05, 0.1) is 18.1 Å². The molecule has 2 aromatic rings. The van der Waals surface area contributed by atoms with Crippen molar-refractivity contribution >= 4 is 41.5 Å². The number of ether oxygens (including phenoxy) is 1. The van der Waals surface area contributed by atoms with E-state index in [0.29, 0.717) is 28.9 Å². The van der Waals surface area contributed by atoms with E-state index in [-0.39, 0.29) is 43.3 Å². The number of nitrogens with zero attached hydrogens (tertiary/aromatic N) is 1. The lowest BCUT2D eigenvalue weighted by molar-refractivity contribution is -0.130. The van der Waals surface area contributed by atoms with Gasteiger partial charge in [-0.1, -0.05) is 59.6 Å². The van der Waals surface area contributed by atoms with Gasteiger partial charge >= 0.3 is 0 Å². The molecule has 3 rings (SSSR count). The van der Waals surface area contributed by atoms with Crippen molar-refractivity contribution in [3.8, 4) is 5.75 Å². The Hall–Kier alpha value is -1.46. The normalized spacial score (nSPS) is 19.1. The highest BCUT2D eigenvalue weighted by Crippen LogP contribution is 2.31. The molecular weight excluding hydrogens is 395 g/mol. The van der Waals surface area contributed by atoms with E-state index < -0.39 is 0 Å². The first-order valence-corrected chi connectivity index (χ1v) is 8.97. The number of amides is 1. The van der Waals surface area contributed by atoms with E-state index >= 15 is 0 Å². The van der Waals surface area contributed by atoms with Crippen LogP contribution >= 0.6 is 35.6 Å². The van der Waals surface area contributed by atoms with Crippen molar-refractivity contribution < 1.29 is 9.53 Å². The summed E-state index contributed by atoms with van der Waals surface area (Å²) in [4.78, 5) is 14.3. The predicted molar refractivity (Wildman–Crippen MR) is 108 cm³/mol. The summed E-state index contributed by atoms with van der Waals surface area (Å²) in [6.07, 6.45) is 0.275. The summed E-state index contributed by atoms with van der Waals surface area (Å²) in [6, 6.07) is 15.2. The van der Waals surface area contributed by atoms with Crippen molar-refractivity contribution in [1.82, 2.24) is 4.90 Å². The van der Waals surface area contributed by atoms with Crippen LogP contribution in [0.2, 0.25) is 10.0 Å². The van der Waals surface area contributed by atoms with Crippen LogP contribution < -0.4 is 10.5 Å². The monoisotopic (exact) mass is 414 g/mol. The summed E-state index contributed by atoms with van der Waals surface area (Å²) < 4.78 is 5.59. The minimum absolute atomic E-state index is 0. The van der Waals surface area contributed by atoms with Gasteiger partial charge in [0.25, 0.3) is 0 Å². The van der Waals surface area contributed by atoms with Crippen LogP contribution in [0, 0.1) is 0 Å². The molecule has 0 aliphatic carbocycles. The minimum atomic E-state index is -0.0466. The maximum absolute atomic E-state index is 12.4. The zero-order valence-corrected chi connectivity index (χ0v) is 16.4. The molecule has 2 atom stereocenters. The fourth-order valence-corrected chi connectivity index (χ4v) is 3.43. The third-order valence-electron chi connectivity index (χ3n) is 4.44. The zero-order valence-electron chi connectivity index (χ0n) is 14.1. The Labute approximate surface area is 169 Å². The molecule has 0 bridgehead atoms. The van der Waals surface area contributed by atoms with Crippen LogP contribution in [0.3, 0.4) is 0 Å². The van der Waals surface area contributed by atoms with Gasteiger partial charge in [-0.3, -0.25) is 4.79 Å². The van der Waals surface area contributed by atoms with Crippen LogP contribution in [-0.4, -0.2) is 36.5 Å². The van der Waals surface area contributed by atoms with Gasteiger partial charge in [-0.2, -0.15) is 0 Å². The summed E-state index contributed by atoms with van der Waals surface area (Å²) in [7, 11) is 0. The molecule has 140 valence electrons. The number of carbonyl (C=O) groups excluding carboxylic acids is 1. The zero-order chi connectivity index (χ0) is 17.8. The highest BCUT2D eigenvalue weighted by Gasteiger charge is 2.33. The molecule has 1 aliphatic heterocycles. The Morgan fingerprint density at radius 3 is 2.58 bits per heavy atom. The molecule has 1 aliphatic rings. The molecule has 1 saturated heterocycles. The summed E-state index contributed by atoms with van der Waals surface area (Å²) >= 11 is 12.0. The van der Waals surface area contributed by atoms with Crippen molar-refractivity contribution in [3.63, 3.8) is 0 Å². The van der Waals surface area contributed by atoms with Crippen molar-refractivity contribution in [1.29, 1.82) is 0 Å². The first-order valence-electron chi connectivity index (χ1n) is 8.21. The Kier molecular flexibility index (Phi) is 7.59. The van der Waals surface area contributed by atoms with Gasteiger partial charge in [0.2, 0.25) is 5.91 Å². The Balaban J connectivity index is 0.00000243. The second-order valence-electron chi connectivity index (χ2n) is 6.13. The Morgan fingerprint density at radius 1 is 1.12 bits per heavy atom. The van der Waals surface area contributed by atoms with Crippen LogP contribution in [0.5, 0.6) is 5.75 Å². The molecule has 0 radical (unpaired) electrons. The number of hydrogen-bond acceptors (Lipinski definition) is 3. The lowest BCUT2D eigenvalue weighted by Crippen LogP contribution is -2.32. The molecule has 2 aromatic carbocycles. The second kappa shape index (κ2) is 9.47. The summed E-state index contributed by atoms with van der Waals surface area (Å²) in [5.41, 5.74) is 7.41. The van der Waals surface area contributed by atoms with Gasteiger partial charge in [-0.15, -0.1) is 12.4 Å². The lowest BCUT2D eigenvalue weighted by Gasteiger charge is -2.17. The molecular formula is C19H21Cl3N2O2. The quantitative estimate of drug-likeness (QED) is 0.798. The van der Waals surface area contributed by atoms with Crippen molar-refractivity contribution in [3.05, 3.63) is 64.1 Å². The fraction of sp³-hybridized carbons (Fsp3) is 0.316. The van der Waals surface area contributed by atoms with E-state index in [1.807, 2.05) is 23.1 Å². The molecule has 0 unspecified atom stereocenters. The van der Waals surface area contributed by atoms with E-state index in [4.69, 9.17) is 33.7 Å². The molecule has 4 nitrogen and oxygen atoms in total. The van der Waals surface area contributed by atoms with Crippen LogP contribution in [0.15, 0.2) is 48.5 Å². The average Bonchev–Trinajstić information content (AvgIpc) is 3.01. The first kappa shape index (κ1) is 20.8. The highest BCUT2D eigenvalue weighted by atomic mass is 35.5. The maximum atomic E-state index is 12.4. The lowest BCUT2D eigenvalue weighted by atomic mass is 9.95. The van der Waals surface area contributed by atoms with Gasteiger partial charge in [-0.05, 0) is 17.7 Å². The maximum Gasteiger partial charge on any atom is 0.226 e. The summed E-state index contributed by atoms with van der Waals surface area (Å²) in [5.74, 6) is 0.697. The van der Waals surface area contributed by atoms with E-state index in [2.05, 4.69) is 12.1 Å².